The Hall–Kier alpha value is -1.91. The minimum Gasteiger partial charge on any atom is -0.497 e. The van der Waals surface area contributed by atoms with Gasteiger partial charge < -0.3 is 20.1 Å². The van der Waals surface area contributed by atoms with Crippen LogP contribution in [0.2, 0.25) is 0 Å². The van der Waals surface area contributed by atoms with E-state index < -0.39 is 0 Å². The standard InChI is InChI=1S/C18H29N3O2/c1-14(23-17-8-4-7-16(12-17)22-3)13-21-18(19-2)20-11-5-6-15-9-10-15/h4,7-8,12,14-15H,5-6,9-11,13H2,1-3H3,(H2,19,20,21). The normalized spacial score (nSPS) is 15.9. The SMILES string of the molecule is CN=C(NCCCC1CC1)NCC(C)Oc1cccc(OC)c1. The fourth-order valence-electron chi connectivity index (χ4n) is 2.41. The Morgan fingerprint density at radius 3 is 2.78 bits per heavy atom. The molecule has 2 rings (SSSR count). The van der Waals surface area contributed by atoms with Crippen molar-refractivity contribution in [2.24, 2.45) is 10.9 Å². The zero-order chi connectivity index (χ0) is 16.5. The van der Waals surface area contributed by atoms with Gasteiger partial charge in [-0.05, 0) is 37.8 Å². The predicted molar refractivity (Wildman–Crippen MR) is 94.4 cm³/mol. The van der Waals surface area contributed by atoms with E-state index in [0.29, 0.717) is 6.54 Å². The molecule has 0 aliphatic heterocycles. The molecule has 0 spiro atoms. The molecule has 1 atom stereocenters. The van der Waals surface area contributed by atoms with Crippen LogP contribution in [0.3, 0.4) is 0 Å². The smallest absolute Gasteiger partial charge is 0.191 e. The summed E-state index contributed by atoms with van der Waals surface area (Å²) in [5.41, 5.74) is 0. The number of benzene rings is 1. The highest BCUT2D eigenvalue weighted by Crippen LogP contribution is 2.33. The lowest BCUT2D eigenvalue weighted by molar-refractivity contribution is 0.223. The molecular weight excluding hydrogens is 290 g/mol. The van der Waals surface area contributed by atoms with Crippen LogP contribution in [-0.2, 0) is 0 Å². The first-order valence-electron chi connectivity index (χ1n) is 8.46. The number of hydrogen-bond donors (Lipinski definition) is 2. The lowest BCUT2D eigenvalue weighted by Crippen LogP contribution is -2.42. The molecule has 23 heavy (non-hydrogen) atoms. The van der Waals surface area contributed by atoms with E-state index in [1.165, 1.54) is 25.7 Å². The maximum absolute atomic E-state index is 5.89. The van der Waals surface area contributed by atoms with E-state index in [-0.39, 0.29) is 6.10 Å². The monoisotopic (exact) mass is 319 g/mol. The number of nitrogens with zero attached hydrogens (tertiary/aromatic N) is 1. The van der Waals surface area contributed by atoms with E-state index in [4.69, 9.17) is 9.47 Å². The van der Waals surface area contributed by atoms with Crippen molar-refractivity contribution in [2.45, 2.75) is 38.7 Å². The molecule has 0 heterocycles. The fraction of sp³-hybridized carbons (Fsp3) is 0.611. The Kier molecular flexibility index (Phi) is 7.04. The van der Waals surface area contributed by atoms with Crippen molar-refractivity contribution in [2.75, 3.05) is 27.2 Å². The molecule has 0 bridgehead atoms. The van der Waals surface area contributed by atoms with Crippen molar-refractivity contribution in [3.63, 3.8) is 0 Å². The lowest BCUT2D eigenvalue weighted by Gasteiger charge is -2.18. The van der Waals surface area contributed by atoms with E-state index >= 15 is 0 Å². The van der Waals surface area contributed by atoms with Crippen LogP contribution in [-0.4, -0.2) is 39.3 Å². The molecule has 1 saturated carbocycles. The molecule has 1 aliphatic rings. The zero-order valence-electron chi connectivity index (χ0n) is 14.5. The summed E-state index contributed by atoms with van der Waals surface area (Å²) >= 11 is 0. The van der Waals surface area contributed by atoms with Crippen molar-refractivity contribution in [1.82, 2.24) is 10.6 Å². The molecule has 0 radical (unpaired) electrons. The molecule has 5 heteroatoms. The summed E-state index contributed by atoms with van der Waals surface area (Å²) in [6.07, 6.45) is 5.42. The van der Waals surface area contributed by atoms with Gasteiger partial charge in [0.05, 0.1) is 13.7 Å². The number of methoxy groups -OCH3 is 1. The van der Waals surface area contributed by atoms with Gasteiger partial charge in [-0.1, -0.05) is 18.9 Å². The summed E-state index contributed by atoms with van der Waals surface area (Å²) in [7, 11) is 3.45. The third-order valence-electron chi connectivity index (χ3n) is 3.94. The van der Waals surface area contributed by atoms with Crippen LogP contribution in [0.1, 0.15) is 32.6 Å². The molecule has 2 N–H and O–H groups in total. The van der Waals surface area contributed by atoms with Crippen LogP contribution in [0.4, 0.5) is 0 Å². The quantitative estimate of drug-likeness (QED) is 0.417. The molecule has 1 aromatic rings. The van der Waals surface area contributed by atoms with Gasteiger partial charge in [-0.3, -0.25) is 4.99 Å². The van der Waals surface area contributed by atoms with Crippen LogP contribution in [0.15, 0.2) is 29.3 Å². The van der Waals surface area contributed by atoms with Crippen LogP contribution >= 0.6 is 0 Å². The van der Waals surface area contributed by atoms with E-state index in [1.807, 2.05) is 31.2 Å². The first-order chi connectivity index (χ1) is 11.2. The Morgan fingerprint density at radius 1 is 1.30 bits per heavy atom. The van der Waals surface area contributed by atoms with Crippen LogP contribution in [0, 0.1) is 5.92 Å². The second-order valence-corrected chi connectivity index (χ2v) is 6.07. The molecule has 1 unspecified atom stereocenters. The summed E-state index contributed by atoms with van der Waals surface area (Å²) in [6.45, 7) is 3.70. The highest BCUT2D eigenvalue weighted by molar-refractivity contribution is 5.79. The molecule has 0 aromatic heterocycles. The minimum absolute atomic E-state index is 0.0344. The average molecular weight is 319 g/mol. The minimum atomic E-state index is 0.0344. The number of hydrogen-bond acceptors (Lipinski definition) is 3. The summed E-state index contributed by atoms with van der Waals surface area (Å²) in [5.74, 6) is 3.44. The fourth-order valence-corrected chi connectivity index (χ4v) is 2.41. The average Bonchev–Trinajstić information content (AvgIpc) is 3.38. The van der Waals surface area contributed by atoms with E-state index in [1.54, 1.807) is 14.2 Å². The van der Waals surface area contributed by atoms with Gasteiger partial charge in [-0.25, -0.2) is 0 Å². The second kappa shape index (κ2) is 9.28. The van der Waals surface area contributed by atoms with Crippen LogP contribution < -0.4 is 20.1 Å². The third kappa shape index (κ3) is 6.80. The Labute approximate surface area is 139 Å². The maximum Gasteiger partial charge on any atom is 0.191 e. The third-order valence-corrected chi connectivity index (χ3v) is 3.94. The highest BCUT2D eigenvalue weighted by Gasteiger charge is 2.19. The van der Waals surface area contributed by atoms with Gasteiger partial charge >= 0.3 is 0 Å². The van der Waals surface area contributed by atoms with E-state index in [2.05, 4.69) is 15.6 Å². The summed E-state index contributed by atoms with van der Waals surface area (Å²) in [4.78, 5) is 4.25. The second-order valence-electron chi connectivity index (χ2n) is 6.07. The van der Waals surface area contributed by atoms with Crippen molar-refractivity contribution < 1.29 is 9.47 Å². The highest BCUT2D eigenvalue weighted by atomic mass is 16.5. The molecule has 0 amide bonds. The van der Waals surface area contributed by atoms with Crippen molar-refractivity contribution in [3.8, 4) is 11.5 Å². The van der Waals surface area contributed by atoms with Gasteiger partial charge in [0.2, 0.25) is 0 Å². The van der Waals surface area contributed by atoms with E-state index in [0.717, 1.165) is 29.9 Å². The van der Waals surface area contributed by atoms with Gasteiger partial charge in [-0.15, -0.1) is 0 Å². The van der Waals surface area contributed by atoms with Gasteiger partial charge in [-0.2, -0.15) is 0 Å². The Bertz CT molecular complexity index is 501. The number of guanidine groups is 1. The van der Waals surface area contributed by atoms with Gasteiger partial charge in [0, 0.05) is 19.7 Å². The zero-order valence-corrected chi connectivity index (χ0v) is 14.5. The van der Waals surface area contributed by atoms with E-state index in [9.17, 15) is 0 Å². The molecule has 1 aliphatic carbocycles. The van der Waals surface area contributed by atoms with Gasteiger partial charge in [0.25, 0.3) is 0 Å². The maximum atomic E-state index is 5.89. The van der Waals surface area contributed by atoms with Crippen molar-refractivity contribution >= 4 is 5.96 Å². The number of aliphatic imine (C=N–C) groups is 1. The van der Waals surface area contributed by atoms with Gasteiger partial charge in [0.1, 0.15) is 17.6 Å². The lowest BCUT2D eigenvalue weighted by atomic mass is 10.2. The Morgan fingerprint density at radius 2 is 2.09 bits per heavy atom. The summed E-state index contributed by atoms with van der Waals surface area (Å²) in [5, 5.41) is 6.66. The molecule has 1 fully saturated rings. The number of ether oxygens (including phenoxy) is 2. The first kappa shape index (κ1) is 17.4. The summed E-state index contributed by atoms with van der Waals surface area (Å²) in [6, 6.07) is 7.66. The van der Waals surface area contributed by atoms with Crippen molar-refractivity contribution in [1.29, 1.82) is 0 Å². The predicted octanol–water partition coefficient (Wildman–Crippen LogP) is 2.82. The number of rotatable bonds is 9. The Balaban J connectivity index is 1.65. The molecular formula is C18H29N3O2. The largest absolute Gasteiger partial charge is 0.497 e. The molecule has 128 valence electrons. The molecule has 5 nitrogen and oxygen atoms in total. The first-order valence-corrected chi connectivity index (χ1v) is 8.46. The number of nitrogens with one attached hydrogen (secondary N) is 2. The molecule has 1 aromatic carbocycles. The van der Waals surface area contributed by atoms with Gasteiger partial charge in [0.15, 0.2) is 5.96 Å². The molecule has 0 saturated heterocycles. The van der Waals surface area contributed by atoms with Crippen LogP contribution in [0.5, 0.6) is 11.5 Å². The summed E-state index contributed by atoms with van der Waals surface area (Å²) < 4.78 is 11.1. The van der Waals surface area contributed by atoms with Crippen LogP contribution in [0.25, 0.3) is 0 Å². The topological polar surface area (TPSA) is 54.9 Å². The van der Waals surface area contributed by atoms with Crippen molar-refractivity contribution in [3.05, 3.63) is 24.3 Å².